The number of amides is 2. The molecule has 9 heteroatoms. The van der Waals surface area contributed by atoms with Crippen molar-refractivity contribution in [2.24, 2.45) is 0 Å². The monoisotopic (exact) mass is 404 g/mol. The molecular formula is C18H20N4O3S2. The van der Waals surface area contributed by atoms with E-state index in [1.54, 1.807) is 24.3 Å². The number of para-hydroxylation sites is 1. The number of anilines is 1. The molecule has 2 N–H and O–H groups in total. The number of nitrogens with zero attached hydrogens (tertiary/aromatic N) is 2. The molecule has 0 aliphatic rings. The second-order valence-electron chi connectivity index (χ2n) is 5.89. The number of rotatable bonds is 9. The van der Waals surface area contributed by atoms with Crippen LogP contribution in [0.3, 0.4) is 0 Å². The van der Waals surface area contributed by atoms with E-state index in [0.29, 0.717) is 18.1 Å². The number of hydrogen-bond acceptors (Lipinski definition) is 7. The average Bonchev–Trinajstić information content (AvgIpc) is 3.24. The molecule has 2 heterocycles. The molecule has 0 aliphatic heterocycles. The number of benzene rings is 1. The smallest absolute Gasteiger partial charge is 0.235 e. The van der Waals surface area contributed by atoms with Gasteiger partial charge in [0.05, 0.1) is 26.7 Å². The third kappa shape index (κ3) is 6.07. The van der Waals surface area contributed by atoms with Crippen LogP contribution in [0.5, 0.6) is 0 Å². The van der Waals surface area contributed by atoms with Crippen molar-refractivity contribution in [3.63, 3.8) is 0 Å². The van der Waals surface area contributed by atoms with Gasteiger partial charge in [-0.3, -0.25) is 9.59 Å². The zero-order valence-electron chi connectivity index (χ0n) is 14.9. The summed E-state index contributed by atoms with van der Waals surface area (Å²) in [5, 5.41) is 10.3. The Bertz CT molecular complexity index is 889. The number of carbonyl (C=O) groups is 2. The Morgan fingerprint density at radius 1 is 1.22 bits per heavy atom. The summed E-state index contributed by atoms with van der Waals surface area (Å²) in [6.07, 6.45) is 1.68. The highest BCUT2D eigenvalue weighted by Crippen LogP contribution is 2.22. The van der Waals surface area contributed by atoms with E-state index >= 15 is 0 Å². The maximum Gasteiger partial charge on any atom is 0.235 e. The van der Waals surface area contributed by atoms with E-state index in [0.717, 1.165) is 23.4 Å². The molecule has 2 aromatic heterocycles. The highest BCUT2D eigenvalue weighted by atomic mass is 32.2. The van der Waals surface area contributed by atoms with Gasteiger partial charge in [0.1, 0.15) is 5.76 Å². The predicted octanol–water partition coefficient (Wildman–Crippen LogP) is 3.01. The molecule has 142 valence electrons. The van der Waals surface area contributed by atoms with Crippen molar-refractivity contribution in [2.75, 3.05) is 23.4 Å². The first-order chi connectivity index (χ1) is 13.1. The van der Waals surface area contributed by atoms with Crippen LogP contribution in [0.25, 0.3) is 10.2 Å². The first kappa shape index (κ1) is 19.4. The van der Waals surface area contributed by atoms with E-state index in [1.807, 2.05) is 18.2 Å². The SMILES string of the molecule is Cc1cc(NC(=O)CSCC(=O)NCCCc2nc3ccccc3s2)no1. The molecule has 1 aromatic carbocycles. The zero-order chi connectivity index (χ0) is 19.1. The van der Waals surface area contributed by atoms with Gasteiger partial charge in [0.2, 0.25) is 11.8 Å². The van der Waals surface area contributed by atoms with Crippen molar-refractivity contribution in [1.29, 1.82) is 0 Å². The van der Waals surface area contributed by atoms with E-state index in [2.05, 4.69) is 26.8 Å². The number of fused-ring (bicyclic) bond motifs is 1. The minimum Gasteiger partial charge on any atom is -0.360 e. The maximum atomic E-state index is 11.8. The van der Waals surface area contributed by atoms with Gasteiger partial charge in [0.25, 0.3) is 0 Å². The standard InChI is InChI=1S/C18H20N4O3S2/c1-12-9-15(22-25-12)21-17(24)11-26-10-16(23)19-8-4-7-18-20-13-5-2-3-6-14(13)27-18/h2-3,5-6,9H,4,7-8,10-11H2,1H3,(H,19,23)(H,21,22,24). The second-order valence-corrected chi connectivity index (χ2v) is 7.99. The van der Waals surface area contributed by atoms with Crippen LogP contribution in [0.1, 0.15) is 17.2 Å². The lowest BCUT2D eigenvalue weighted by Gasteiger charge is -2.04. The van der Waals surface area contributed by atoms with Crippen molar-refractivity contribution < 1.29 is 14.1 Å². The van der Waals surface area contributed by atoms with Crippen molar-refractivity contribution in [1.82, 2.24) is 15.5 Å². The number of aryl methyl sites for hydroxylation is 2. The molecule has 0 aliphatic carbocycles. The third-order valence-corrected chi connectivity index (χ3v) is 5.62. The Kier molecular flexibility index (Phi) is 6.83. The van der Waals surface area contributed by atoms with Gasteiger partial charge in [-0.2, -0.15) is 0 Å². The van der Waals surface area contributed by atoms with Gasteiger partial charge in [0.15, 0.2) is 5.82 Å². The van der Waals surface area contributed by atoms with Crippen molar-refractivity contribution >= 4 is 50.9 Å². The second kappa shape index (κ2) is 9.52. The molecule has 0 atom stereocenters. The lowest BCUT2D eigenvalue weighted by atomic mass is 10.3. The van der Waals surface area contributed by atoms with Crippen LogP contribution in [0.4, 0.5) is 5.82 Å². The molecule has 0 saturated heterocycles. The van der Waals surface area contributed by atoms with Crippen molar-refractivity contribution in [3.05, 3.63) is 41.1 Å². The molecule has 0 fully saturated rings. The number of nitrogens with one attached hydrogen (secondary N) is 2. The molecule has 3 aromatic rings. The summed E-state index contributed by atoms with van der Waals surface area (Å²) in [7, 11) is 0. The van der Waals surface area contributed by atoms with Crippen LogP contribution in [-0.2, 0) is 16.0 Å². The minimum atomic E-state index is -0.211. The number of hydrogen-bond donors (Lipinski definition) is 2. The molecule has 2 amide bonds. The summed E-state index contributed by atoms with van der Waals surface area (Å²) >= 11 is 2.95. The van der Waals surface area contributed by atoms with Gasteiger partial charge in [-0.25, -0.2) is 4.98 Å². The Morgan fingerprint density at radius 3 is 2.81 bits per heavy atom. The largest absolute Gasteiger partial charge is 0.360 e. The van der Waals surface area contributed by atoms with Crippen LogP contribution in [0.15, 0.2) is 34.9 Å². The van der Waals surface area contributed by atoms with E-state index in [4.69, 9.17) is 4.52 Å². The van der Waals surface area contributed by atoms with E-state index < -0.39 is 0 Å². The molecule has 0 spiro atoms. The summed E-state index contributed by atoms with van der Waals surface area (Å²) in [6, 6.07) is 9.70. The van der Waals surface area contributed by atoms with Crippen LogP contribution in [0, 0.1) is 6.92 Å². The van der Waals surface area contributed by atoms with E-state index in [9.17, 15) is 9.59 Å². The summed E-state index contributed by atoms with van der Waals surface area (Å²) in [4.78, 5) is 28.2. The quantitative estimate of drug-likeness (QED) is 0.532. The Hall–Kier alpha value is -2.39. The third-order valence-electron chi connectivity index (χ3n) is 3.59. The summed E-state index contributed by atoms with van der Waals surface area (Å²) in [5.41, 5.74) is 1.02. The van der Waals surface area contributed by atoms with Gasteiger partial charge >= 0.3 is 0 Å². The molecule has 0 saturated carbocycles. The molecule has 0 unspecified atom stereocenters. The van der Waals surface area contributed by atoms with Crippen molar-refractivity contribution in [2.45, 2.75) is 19.8 Å². The average molecular weight is 405 g/mol. The number of thioether (sulfide) groups is 1. The van der Waals surface area contributed by atoms with E-state index in [-0.39, 0.29) is 23.3 Å². The van der Waals surface area contributed by atoms with Crippen LogP contribution in [0.2, 0.25) is 0 Å². The normalized spacial score (nSPS) is 10.9. The summed E-state index contributed by atoms with van der Waals surface area (Å²) < 4.78 is 6.06. The number of thiazole rings is 1. The minimum absolute atomic E-state index is 0.0746. The molecule has 7 nitrogen and oxygen atoms in total. The summed E-state index contributed by atoms with van der Waals surface area (Å²) in [6.45, 7) is 2.35. The first-order valence-electron chi connectivity index (χ1n) is 8.52. The molecule has 27 heavy (non-hydrogen) atoms. The Morgan fingerprint density at radius 2 is 2.04 bits per heavy atom. The summed E-state index contributed by atoms with van der Waals surface area (Å²) in [5.74, 6) is 1.16. The fourth-order valence-corrected chi connectivity index (χ4v) is 4.04. The fourth-order valence-electron chi connectivity index (χ4n) is 2.39. The van der Waals surface area contributed by atoms with Gasteiger partial charge in [0, 0.05) is 19.0 Å². The van der Waals surface area contributed by atoms with Crippen molar-refractivity contribution in [3.8, 4) is 0 Å². The lowest BCUT2D eigenvalue weighted by Crippen LogP contribution is -2.27. The highest BCUT2D eigenvalue weighted by Gasteiger charge is 2.08. The topological polar surface area (TPSA) is 97.1 Å². The molecule has 0 radical (unpaired) electrons. The first-order valence-corrected chi connectivity index (χ1v) is 10.5. The molecule has 0 bridgehead atoms. The van der Waals surface area contributed by atoms with E-state index in [1.165, 1.54) is 16.5 Å². The molecular weight excluding hydrogens is 384 g/mol. The Balaban J connectivity index is 1.27. The van der Waals surface area contributed by atoms with Gasteiger partial charge in [-0.15, -0.1) is 23.1 Å². The van der Waals surface area contributed by atoms with Crippen LogP contribution < -0.4 is 10.6 Å². The molecule has 3 rings (SSSR count). The zero-order valence-corrected chi connectivity index (χ0v) is 16.5. The Labute approximate surface area is 164 Å². The number of carbonyl (C=O) groups excluding carboxylic acids is 2. The number of aromatic nitrogens is 2. The lowest BCUT2D eigenvalue weighted by molar-refractivity contribution is -0.118. The fraction of sp³-hybridized carbons (Fsp3) is 0.333. The van der Waals surface area contributed by atoms with Gasteiger partial charge in [-0.05, 0) is 25.5 Å². The predicted molar refractivity (Wildman–Crippen MR) is 108 cm³/mol. The maximum absolute atomic E-state index is 11.8. The van der Waals surface area contributed by atoms with Gasteiger partial charge in [-0.1, -0.05) is 17.3 Å². The van der Waals surface area contributed by atoms with Crippen LogP contribution in [-0.4, -0.2) is 40.0 Å². The van der Waals surface area contributed by atoms with Gasteiger partial charge < -0.3 is 15.2 Å². The highest BCUT2D eigenvalue weighted by molar-refractivity contribution is 8.00. The van der Waals surface area contributed by atoms with Crippen LogP contribution >= 0.6 is 23.1 Å².